The highest BCUT2D eigenvalue weighted by Crippen LogP contribution is 2.22. The Morgan fingerprint density at radius 3 is 2.71 bits per heavy atom. The van der Waals surface area contributed by atoms with Gasteiger partial charge in [-0.15, -0.1) is 11.3 Å². The molecule has 0 aliphatic heterocycles. The highest BCUT2D eigenvalue weighted by molar-refractivity contribution is 7.19. The molecule has 28 heavy (non-hydrogen) atoms. The lowest BCUT2D eigenvalue weighted by atomic mass is 10.1. The number of ether oxygens (including phenoxy) is 1. The number of esters is 1. The molecule has 0 radical (unpaired) electrons. The van der Waals surface area contributed by atoms with Crippen LogP contribution in [0.5, 0.6) is 0 Å². The van der Waals surface area contributed by atoms with Gasteiger partial charge in [0.05, 0.1) is 10.2 Å². The summed E-state index contributed by atoms with van der Waals surface area (Å²) in [6, 6.07) is 13.9. The van der Waals surface area contributed by atoms with Crippen LogP contribution in [0.3, 0.4) is 0 Å². The Kier molecular flexibility index (Phi) is 6.21. The molecular weight excluding hydrogens is 372 g/mol. The summed E-state index contributed by atoms with van der Waals surface area (Å²) < 4.78 is 6.12. The first kappa shape index (κ1) is 19.8. The highest BCUT2D eigenvalue weighted by Gasteiger charge is 2.12. The third-order valence-electron chi connectivity index (χ3n) is 4.34. The summed E-state index contributed by atoms with van der Waals surface area (Å²) in [5.74, 6) is -0.811. The first-order valence-electron chi connectivity index (χ1n) is 8.93. The SMILES string of the molecule is Cc1ccc(CN(C)C(=O)COC(=O)/C=C/c2nc3ccccc3s2)c(C)c1. The number of aromatic nitrogens is 1. The number of rotatable bonds is 6. The maximum Gasteiger partial charge on any atom is 0.331 e. The molecule has 2 aromatic carbocycles. The van der Waals surface area contributed by atoms with Crippen molar-refractivity contribution in [3.63, 3.8) is 0 Å². The highest BCUT2D eigenvalue weighted by atomic mass is 32.1. The van der Waals surface area contributed by atoms with Gasteiger partial charge in [0.25, 0.3) is 5.91 Å². The van der Waals surface area contributed by atoms with Crippen molar-refractivity contribution in [2.45, 2.75) is 20.4 Å². The van der Waals surface area contributed by atoms with E-state index in [0.717, 1.165) is 26.4 Å². The molecule has 0 unspecified atom stereocenters. The van der Waals surface area contributed by atoms with E-state index in [1.165, 1.54) is 23.0 Å². The lowest BCUT2D eigenvalue weighted by Gasteiger charge is -2.18. The Balaban J connectivity index is 1.51. The van der Waals surface area contributed by atoms with Crippen molar-refractivity contribution in [3.05, 3.63) is 70.2 Å². The second kappa shape index (κ2) is 8.80. The zero-order chi connectivity index (χ0) is 20.1. The third kappa shape index (κ3) is 5.04. The van der Waals surface area contributed by atoms with E-state index in [4.69, 9.17) is 4.74 Å². The van der Waals surface area contributed by atoms with E-state index in [1.54, 1.807) is 18.0 Å². The molecule has 3 rings (SSSR count). The zero-order valence-electron chi connectivity index (χ0n) is 16.1. The van der Waals surface area contributed by atoms with Crippen LogP contribution in [-0.4, -0.2) is 35.4 Å². The first-order valence-corrected chi connectivity index (χ1v) is 9.74. The van der Waals surface area contributed by atoms with Crippen molar-refractivity contribution < 1.29 is 14.3 Å². The predicted octanol–water partition coefficient (Wildman–Crippen LogP) is 4.13. The summed E-state index contributed by atoms with van der Waals surface area (Å²) in [6.07, 6.45) is 2.91. The molecule has 0 atom stereocenters. The van der Waals surface area contributed by atoms with E-state index in [2.05, 4.69) is 11.1 Å². The standard InChI is InChI=1S/C22H22N2O3S/c1-15-8-9-17(16(2)12-15)13-24(3)21(25)14-27-22(26)11-10-20-23-18-6-4-5-7-19(18)28-20/h4-12H,13-14H2,1-3H3/b11-10+. The van der Waals surface area contributed by atoms with Gasteiger partial charge in [-0.25, -0.2) is 9.78 Å². The van der Waals surface area contributed by atoms with E-state index in [-0.39, 0.29) is 12.5 Å². The fourth-order valence-corrected chi connectivity index (χ4v) is 3.63. The van der Waals surface area contributed by atoms with Gasteiger partial charge in [0.2, 0.25) is 0 Å². The van der Waals surface area contributed by atoms with Gasteiger partial charge >= 0.3 is 5.97 Å². The second-order valence-corrected chi connectivity index (χ2v) is 7.70. The summed E-state index contributed by atoms with van der Waals surface area (Å²) >= 11 is 1.49. The number of carbonyl (C=O) groups excluding carboxylic acids is 2. The summed E-state index contributed by atoms with van der Waals surface area (Å²) in [5, 5.41) is 0.719. The molecule has 0 aliphatic carbocycles. The lowest BCUT2D eigenvalue weighted by molar-refractivity contribution is -0.147. The minimum absolute atomic E-state index is 0.248. The summed E-state index contributed by atoms with van der Waals surface area (Å²) in [7, 11) is 1.70. The number of benzene rings is 2. The van der Waals surface area contributed by atoms with Gasteiger partial charge in [-0.05, 0) is 43.2 Å². The molecule has 1 aromatic heterocycles. The number of nitrogens with zero attached hydrogens (tertiary/aromatic N) is 2. The largest absolute Gasteiger partial charge is 0.452 e. The first-order chi connectivity index (χ1) is 13.4. The number of thiazole rings is 1. The maximum absolute atomic E-state index is 12.2. The monoisotopic (exact) mass is 394 g/mol. The number of hydrogen-bond donors (Lipinski definition) is 0. The van der Waals surface area contributed by atoms with Gasteiger partial charge in [0, 0.05) is 19.7 Å². The van der Waals surface area contributed by atoms with Gasteiger partial charge < -0.3 is 9.64 Å². The Bertz CT molecular complexity index is 1010. The molecule has 0 N–H and O–H groups in total. The van der Waals surface area contributed by atoms with Gasteiger partial charge in [0.1, 0.15) is 5.01 Å². The van der Waals surface area contributed by atoms with Crippen LogP contribution < -0.4 is 0 Å². The molecule has 6 heteroatoms. The molecule has 144 valence electrons. The van der Waals surface area contributed by atoms with Crippen molar-refractivity contribution in [3.8, 4) is 0 Å². The Morgan fingerprint density at radius 1 is 1.18 bits per heavy atom. The minimum Gasteiger partial charge on any atom is -0.452 e. The van der Waals surface area contributed by atoms with Gasteiger partial charge in [0.15, 0.2) is 6.61 Å². The van der Waals surface area contributed by atoms with Gasteiger partial charge in [-0.1, -0.05) is 35.9 Å². The number of fused-ring (bicyclic) bond motifs is 1. The van der Waals surface area contributed by atoms with Crippen molar-refractivity contribution in [2.24, 2.45) is 0 Å². The van der Waals surface area contributed by atoms with E-state index in [1.807, 2.05) is 50.2 Å². The van der Waals surface area contributed by atoms with Crippen molar-refractivity contribution in [1.29, 1.82) is 0 Å². The molecule has 0 saturated carbocycles. The summed E-state index contributed by atoms with van der Waals surface area (Å²) in [6.45, 7) is 4.24. The third-order valence-corrected chi connectivity index (χ3v) is 5.34. The fourth-order valence-electron chi connectivity index (χ4n) is 2.76. The van der Waals surface area contributed by atoms with Crippen LogP contribution >= 0.6 is 11.3 Å². The van der Waals surface area contributed by atoms with Crippen molar-refractivity contribution >= 4 is 39.5 Å². The second-order valence-electron chi connectivity index (χ2n) is 6.64. The molecule has 0 saturated heterocycles. The topological polar surface area (TPSA) is 59.5 Å². The van der Waals surface area contributed by atoms with Crippen LogP contribution in [0.25, 0.3) is 16.3 Å². The molecule has 1 heterocycles. The normalized spacial score (nSPS) is 11.1. The molecular formula is C22H22N2O3S. The molecule has 0 aliphatic rings. The minimum atomic E-state index is -0.562. The van der Waals surface area contributed by atoms with Crippen LogP contribution in [0.15, 0.2) is 48.5 Å². The molecule has 0 fully saturated rings. The molecule has 0 spiro atoms. The number of para-hydroxylation sites is 1. The van der Waals surface area contributed by atoms with Gasteiger partial charge in [-0.2, -0.15) is 0 Å². The molecule has 0 bridgehead atoms. The number of amides is 1. The lowest BCUT2D eigenvalue weighted by Crippen LogP contribution is -2.30. The summed E-state index contributed by atoms with van der Waals surface area (Å²) in [4.78, 5) is 30.1. The molecule has 3 aromatic rings. The molecule has 5 nitrogen and oxygen atoms in total. The van der Waals surface area contributed by atoms with Crippen molar-refractivity contribution in [2.75, 3.05) is 13.7 Å². The predicted molar refractivity (Wildman–Crippen MR) is 112 cm³/mol. The van der Waals surface area contributed by atoms with Crippen LogP contribution in [0.4, 0.5) is 0 Å². The van der Waals surface area contributed by atoms with E-state index in [0.29, 0.717) is 6.54 Å². The maximum atomic E-state index is 12.2. The van der Waals surface area contributed by atoms with Crippen LogP contribution in [0.1, 0.15) is 21.7 Å². The van der Waals surface area contributed by atoms with Crippen LogP contribution in [-0.2, 0) is 20.9 Å². The number of carbonyl (C=O) groups is 2. The Morgan fingerprint density at radius 2 is 1.96 bits per heavy atom. The van der Waals surface area contributed by atoms with Crippen LogP contribution in [0, 0.1) is 13.8 Å². The molecule has 1 amide bonds. The number of hydrogen-bond acceptors (Lipinski definition) is 5. The van der Waals surface area contributed by atoms with Crippen molar-refractivity contribution in [1.82, 2.24) is 9.88 Å². The van der Waals surface area contributed by atoms with Gasteiger partial charge in [-0.3, -0.25) is 4.79 Å². The smallest absolute Gasteiger partial charge is 0.331 e. The number of likely N-dealkylation sites (N-methyl/N-ethyl adjacent to an activating group) is 1. The van der Waals surface area contributed by atoms with Crippen LogP contribution in [0.2, 0.25) is 0 Å². The quantitative estimate of drug-likeness (QED) is 0.466. The van der Waals surface area contributed by atoms with E-state index < -0.39 is 5.97 Å². The summed E-state index contributed by atoms with van der Waals surface area (Å²) in [5.41, 5.74) is 4.28. The average Bonchev–Trinajstić information content (AvgIpc) is 3.09. The Hall–Kier alpha value is -2.99. The van der Waals surface area contributed by atoms with E-state index in [9.17, 15) is 9.59 Å². The number of aryl methyl sites for hydroxylation is 2. The average molecular weight is 394 g/mol. The van der Waals surface area contributed by atoms with E-state index >= 15 is 0 Å². The zero-order valence-corrected chi connectivity index (χ0v) is 17.0. The fraction of sp³-hybridized carbons (Fsp3) is 0.227. The Labute approximate surface area is 168 Å².